The van der Waals surface area contributed by atoms with E-state index in [-0.39, 0.29) is 22.7 Å². The number of nitrogens with zero attached hydrogens (tertiary/aromatic N) is 4. The Kier molecular flexibility index (Phi) is 4.89. The van der Waals surface area contributed by atoms with Gasteiger partial charge >= 0.3 is 0 Å². The highest BCUT2D eigenvalue weighted by Gasteiger charge is 2.62. The molecule has 7 aliphatic rings. The monoisotopic (exact) mass is 540 g/mol. The molecule has 0 saturated heterocycles. The van der Waals surface area contributed by atoms with Crippen LogP contribution >= 0.6 is 15.9 Å². The quantitative estimate of drug-likeness (QED) is 0.437. The molecule has 0 aliphatic heterocycles. The first kappa shape index (κ1) is 22.4. The van der Waals surface area contributed by atoms with E-state index in [1.165, 1.54) is 24.2 Å². The molecule has 2 heterocycles. The molecule has 1 amide bonds. The Labute approximate surface area is 215 Å². The molecule has 4 bridgehead atoms. The molecule has 7 saturated carbocycles. The van der Waals surface area contributed by atoms with Crippen LogP contribution in [0.25, 0.3) is 0 Å². The molecule has 7 heteroatoms. The molecule has 2 aromatic heterocycles. The highest BCUT2D eigenvalue weighted by molar-refractivity contribution is 9.10. The fourth-order valence-corrected chi connectivity index (χ4v) is 8.36. The van der Waals surface area contributed by atoms with Gasteiger partial charge in [0, 0.05) is 41.3 Å². The highest BCUT2D eigenvalue weighted by Crippen LogP contribution is 2.62. The van der Waals surface area contributed by atoms with Crippen LogP contribution in [-0.4, -0.2) is 33.4 Å². The molecule has 7 aliphatic carbocycles. The summed E-state index contributed by atoms with van der Waals surface area (Å²) >= 11 is 3.57. The maximum absolute atomic E-state index is 14.4. The number of amides is 1. The molecule has 1 atom stereocenters. The minimum absolute atomic E-state index is 0.0823. The van der Waals surface area contributed by atoms with E-state index in [1.54, 1.807) is 6.20 Å². The van der Waals surface area contributed by atoms with Gasteiger partial charge in [0.2, 0.25) is 5.91 Å². The third-order valence-electron chi connectivity index (χ3n) is 10.4. The molecule has 5 nitrogen and oxygen atoms in total. The lowest BCUT2D eigenvalue weighted by molar-refractivity contribution is -0.132. The van der Waals surface area contributed by atoms with E-state index in [9.17, 15) is 9.18 Å². The van der Waals surface area contributed by atoms with E-state index in [0.29, 0.717) is 37.5 Å². The van der Waals surface area contributed by atoms with Crippen molar-refractivity contribution in [2.24, 2.45) is 23.8 Å². The summed E-state index contributed by atoms with van der Waals surface area (Å²) in [7, 11) is 2.12. The number of rotatable bonds is 6. The van der Waals surface area contributed by atoms with Crippen LogP contribution in [0.15, 0.2) is 28.9 Å². The van der Waals surface area contributed by atoms with Crippen LogP contribution < -0.4 is 4.90 Å². The first-order valence-corrected chi connectivity index (χ1v) is 14.2. The van der Waals surface area contributed by atoms with Crippen LogP contribution in [0.3, 0.4) is 0 Å². The maximum atomic E-state index is 14.4. The minimum atomic E-state index is -0.821. The van der Waals surface area contributed by atoms with Gasteiger partial charge in [0.1, 0.15) is 12.0 Å². The van der Waals surface area contributed by atoms with Gasteiger partial charge in [-0.05, 0) is 100 Å². The molecule has 7 fully saturated rings. The Morgan fingerprint density at radius 3 is 2.46 bits per heavy atom. The lowest BCUT2D eigenvalue weighted by Crippen LogP contribution is -2.54. The molecule has 0 N–H and O–H groups in total. The second-order valence-electron chi connectivity index (χ2n) is 12.5. The third kappa shape index (κ3) is 3.47. The zero-order chi connectivity index (χ0) is 24.0. The topological polar surface area (TPSA) is 51.0 Å². The first-order valence-electron chi connectivity index (χ1n) is 13.4. The number of anilines is 1. The maximum Gasteiger partial charge on any atom is 0.234 e. The zero-order valence-electron chi connectivity index (χ0n) is 20.5. The van der Waals surface area contributed by atoms with Crippen molar-refractivity contribution in [3.05, 3.63) is 40.3 Å². The Balaban J connectivity index is 1.15. The Hall–Kier alpha value is -1.76. The largest absolute Gasteiger partial charge is 0.296 e. The zero-order valence-corrected chi connectivity index (χ0v) is 22.1. The smallest absolute Gasteiger partial charge is 0.234 e. The van der Waals surface area contributed by atoms with Gasteiger partial charge < -0.3 is 0 Å². The Morgan fingerprint density at radius 2 is 1.86 bits per heavy atom. The Morgan fingerprint density at radius 1 is 1.14 bits per heavy atom. The number of carbonyl (C=O) groups is 1. The second-order valence-corrected chi connectivity index (χ2v) is 13.4. The number of fused-ring (bicyclic) bond motifs is 4. The molecule has 1 unspecified atom stereocenters. The van der Waals surface area contributed by atoms with Crippen molar-refractivity contribution in [3.63, 3.8) is 0 Å². The Bertz CT molecular complexity index is 1160. The molecule has 2 aromatic rings. The molecule has 0 radical (unpaired) electrons. The summed E-state index contributed by atoms with van der Waals surface area (Å²) < 4.78 is 17.5. The van der Waals surface area contributed by atoms with Crippen LogP contribution in [0.5, 0.6) is 0 Å². The van der Waals surface area contributed by atoms with Crippen molar-refractivity contribution in [1.29, 1.82) is 0 Å². The number of alkyl halides is 1. The molecule has 0 spiro atoms. The molecular weight excluding hydrogens is 507 g/mol. The number of halogens is 2. The van der Waals surface area contributed by atoms with E-state index in [4.69, 9.17) is 5.10 Å². The van der Waals surface area contributed by atoms with E-state index < -0.39 is 11.6 Å². The average Bonchev–Trinajstić information content (AvgIpc) is 3.42. The lowest BCUT2D eigenvalue weighted by Gasteiger charge is -2.55. The normalized spacial score (nSPS) is 37.3. The SMILES string of the molecule is Cn1nc(C2CC2)cc1C12CCC(CN(C(=O)C34CC(F)C(C3)C4)c3cc(Br)ccn3)(CC1)CC2. The van der Waals surface area contributed by atoms with E-state index in [1.807, 2.05) is 17.0 Å². The summed E-state index contributed by atoms with van der Waals surface area (Å²) in [5, 5.41) is 4.88. The summed E-state index contributed by atoms with van der Waals surface area (Å²) in [6, 6.07) is 6.25. The van der Waals surface area contributed by atoms with Gasteiger partial charge in [0.05, 0.1) is 11.1 Å². The van der Waals surface area contributed by atoms with Gasteiger partial charge in [-0.1, -0.05) is 15.9 Å². The molecular formula is C28H34BrFN4O. The summed E-state index contributed by atoms with van der Waals surface area (Å²) in [5.74, 6) is 1.58. The summed E-state index contributed by atoms with van der Waals surface area (Å²) in [5.41, 5.74) is 2.55. The van der Waals surface area contributed by atoms with E-state index in [2.05, 4.69) is 38.7 Å². The van der Waals surface area contributed by atoms with Crippen LogP contribution in [0.1, 0.15) is 87.9 Å². The number of pyridine rings is 1. The van der Waals surface area contributed by atoms with Gasteiger partial charge in [0.15, 0.2) is 0 Å². The van der Waals surface area contributed by atoms with E-state index >= 15 is 0 Å². The summed E-state index contributed by atoms with van der Waals surface area (Å²) in [6.07, 6.45) is 12.1. The van der Waals surface area contributed by atoms with Gasteiger partial charge in [0.25, 0.3) is 0 Å². The first-order chi connectivity index (χ1) is 16.8. The van der Waals surface area contributed by atoms with Crippen LogP contribution in [0, 0.1) is 16.7 Å². The number of hydrogen-bond donors (Lipinski definition) is 0. The standard InChI is InChI=1S/C28H34BrFN4O/c1-33-23(13-22(32-33)18-2-3-18)27-8-5-26(6-9-27,7-10-27)17-34(24-12-20(29)4-11-31-24)25(35)28-14-19(15-28)21(30)16-28/h4,11-13,18-19,21H,2-3,5-10,14-17H2,1H3. The van der Waals surface area contributed by atoms with Crippen LogP contribution in [-0.2, 0) is 17.3 Å². The molecule has 9 rings (SSSR count). The van der Waals surface area contributed by atoms with Crippen molar-refractivity contribution in [2.45, 2.75) is 88.1 Å². The van der Waals surface area contributed by atoms with Crippen molar-refractivity contribution in [1.82, 2.24) is 14.8 Å². The van der Waals surface area contributed by atoms with Gasteiger partial charge in [-0.2, -0.15) is 5.10 Å². The summed E-state index contributed by atoms with van der Waals surface area (Å²) in [4.78, 5) is 20.6. The number of aryl methyl sites for hydroxylation is 1. The number of carbonyl (C=O) groups excluding carboxylic acids is 1. The van der Waals surface area contributed by atoms with Gasteiger partial charge in [-0.3, -0.25) is 14.4 Å². The summed E-state index contributed by atoms with van der Waals surface area (Å²) in [6.45, 7) is 0.702. The van der Waals surface area contributed by atoms with Crippen LogP contribution in [0.2, 0.25) is 0 Å². The predicted molar refractivity (Wildman–Crippen MR) is 136 cm³/mol. The van der Waals surface area contributed by atoms with Crippen molar-refractivity contribution in [3.8, 4) is 0 Å². The average molecular weight is 542 g/mol. The minimum Gasteiger partial charge on any atom is -0.296 e. The van der Waals surface area contributed by atoms with Crippen molar-refractivity contribution >= 4 is 27.7 Å². The second kappa shape index (κ2) is 7.62. The lowest BCUT2D eigenvalue weighted by atomic mass is 9.52. The van der Waals surface area contributed by atoms with Gasteiger partial charge in [-0.15, -0.1) is 0 Å². The predicted octanol–water partition coefficient (Wildman–Crippen LogP) is 6.22. The fraction of sp³-hybridized carbons (Fsp3) is 0.679. The molecule has 186 valence electrons. The molecule has 0 aromatic carbocycles. The molecule has 35 heavy (non-hydrogen) atoms. The van der Waals surface area contributed by atoms with E-state index in [0.717, 1.165) is 43.0 Å². The third-order valence-corrected chi connectivity index (χ3v) is 10.9. The van der Waals surface area contributed by atoms with Crippen molar-refractivity contribution in [2.75, 3.05) is 11.4 Å². The number of hydrogen-bond acceptors (Lipinski definition) is 3. The van der Waals surface area contributed by atoms with Gasteiger partial charge in [-0.25, -0.2) is 9.37 Å². The van der Waals surface area contributed by atoms with Crippen molar-refractivity contribution < 1.29 is 9.18 Å². The van der Waals surface area contributed by atoms with Crippen LogP contribution in [0.4, 0.5) is 10.2 Å². The highest BCUT2D eigenvalue weighted by atomic mass is 79.9. The fourth-order valence-electron chi connectivity index (χ4n) is 8.04. The number of aromatic nitrogens is 3.